The molecular formula is C15H15IN2O2. The second-order valence-corrected chi connectivity index (χ2v) is 5.47. The fraction of sp³-hybridized carbons (Fsp3) is 0.133. The van der Waals surface area contributed by atoms with Crippen molar-refractivity contribution in [3.05, 3.63) is 57.2 Å². The second kappa shape index (κ2) is 6.60. The van der Waals surface area contributed by atoms with Crippen molar-refractivity contribution in [3.63, 3.8) is 0 Å². The average molecular weight is 382 g/mol. The highest BCUT2D eigenvalue weighted by atomic mass is 127. The number of rotatable bonds is 5. The maximum Gasteiger partial charge on any atom is 0.124 e. The average Bonchev–Trinajstić information content (AvgIpc) is 2.46. The van der Waals surface area contributed by atoms with Crippen LogP contribution in [0.5, 0.6) is 11.5 Å². The SMILES string of the molecule is COc1cc(OCc2ccc(I)cc2)cc(C(=N)N)c1. The van der Waals surface area contributed by atoms with Gasteiger partial charge in [-0.15, -0.1) is 0 Å². The fourth-order valence-electron chi connectivity index (χ4n) is 1.68. The number of nitrogen functional groups attached to an aromatic ring is 1. The molecule has 0 atom stereocenters. The minimum absolute atomic E-state index is 0.0111. The highest BCUT2D eigenvalue weighted by molar-refractivity contribution is 14.1. The van der Waals surface area contributed by atoms with Gasteiger partial charge in [0, 0.05) is 15.2 Å². The van der Waals surface area contributed by atoms with Crippen LogP contribution in [0, 0.1) is 8.98 Å². The molecule has 4 nitrogen and oxygen atoms in total. The molecule has 0 saturated carbocycles. The predicted molar refractivity (Wildman–Crippen MR) is 87.5 cm³/mol. The lowest BCUT2D eigenvalue weighted by molar-refractivity contribution is 0.303. The minimum Gasteiger partial charge on any atom is -0.497 e. The summed E-state index contributed by atoms with van der Waals surface area (Å²) in [6.07, 6.45) is 0. The number of nitrogens with one attached hydrogen (secondary N) is 1. The zero-order valence-corrected chi connectivity index (χ0v) is 13.2. The molecule has 2 rings (SSSR count). The molecular weight excluding hydrogens is 367 g/mol. The van der Waals surface area contributed by atoms with Gasteiger partial charge in [-0.2, -0.15) is 0 Å². The van der Waals surface area contributed by atoms with E-state index in [4.69, 9.17) is 20.6 Å². The summed E-state index contributed by atoms with van der Waals surface area (Å²) in [5.74, 6) is 1.24. The van der Waals surface area contributed by atoms with Gasteiger partial charge in [0.2, 0.25) is 0 Å². The predicted octanol–water partition coefficient (Wildman–Crippen LogP) is 3.16. The van der Waals surface area contributed by atoms with Crippen LogP contribution in [0.25, 0.3) is 0 Å². The number of ether oxygens (including phenoxy) is 2. The van der Waals surface area contributed by atoms with Gasteiger partial charge in [0.05, 0.1) is 7.11 Å². The maximum absolute atomic E-state index is 7.49. The van der Waals surface area contributed by atoms with E-state index in [-0.39, 0.29) is 5.84 Å². The van der Waals surface area contributed by atoms with Crippen LogP contribution in [-0.4, -0.2) is 12.9 Å². The van der Waals surface area contributed by atoms with Gasteiger partial charge in [-0.1, -0.05) is 12.1 Å². The van der Waals surface area contributed by atoms with Gasteiger partial charge in [-0.05, 0) is 52.4 Å². The molecule has 20 heavy (non-hydrogen) atoms. The van der Waals surface area contributed by atoms with Crippen molar-refractivity contribution < 1.29 is 9.47 Å². The maximum atomic E-state index is 7.49. The summed E-state index contributed by atoms with van der Waals surface area (Å²) < 4.78 is 12.1. The van der Waals surface area contributed by atoms with E-state index < -0.39 is 0 Å². The first kappa shape index (κ1) is 14.6. The summed E-state index contributed by atoms with van der Waals surface area (Å²) in [6, 6.07) is 13.3. The van der Waals surface area contributed by atoms with Crippen LogP contribution in [0.1, 0.15) is 11.1 Å². The molecule has 0 aliphatic rings. The van der Waals surface area contributed by atoms with E-state index in [9.17, 15) is 0 Å². The minimum atomic E-state index is -0.0111. The van der Waals surface area contributed by atoms with Crippen LogP contribution >= 0.6 is 22.6 Å². The highest BCUT2D eigenvalue weighted by Crippen LogP contribution is 2.23. The quantitative estimate of drug-likeness (QED) is 0.474. The Morgan fingerprint density at radius 1 is 1.15 bits per heavy atom. The van der Waals surface area contributed by atoms with Crippen LogP contribution in [0.4, 0.5) is 0 Å². The molecule has 3 N–H and O–H groups in total. The normalized spacial score (nSPS) is 10.1. The molecule has 104 valence electrons. The van der Waals surface area contributed by atoms with E-state index in [1.54, 1.807) is 25.3 Å². The van der Waals surface area contributed by atoms with Crippen molar-refractivity contribution in [1.82, 2.24) is 0 Å². The lowest BCUT2D eigenvalue weighted by atomic mass is 10.2. The van der Waals surface area contributed by atoms with Gasteiger partial charge in [-0.25, -0.2) is 0 Å². The zero-order valence-electron chi connectivity index (χ0n) is 11.0. The lowest BCUT2D eigenvalue weighted by Gasteiger charge is -2.10. The van der Waals surface area contributed by atoms with Crippen LogP contribution in [0.15, 0.2) is 42.5 Å². The van der Waals surface area contributed by atoms with Crippen molar-refractivity contribution in [2.45, 2.75) is 6.61 Å². The van der Waals surface area contributed by atoms with Crippen molar-refractivity contribution in [2.75, 3.05) is 7.11 Å². The molecule has 0 aliphatic carbocycles. The van der Waals surface area contributed by atoms with Crippen LogP contribution in [-0.2, 0) is 6.61 Å². The molecule has 0 fully saturated rings. The van der Waals surface area contributed by atoms with E-state index in [2.05, 4.69) is 22.6 Å². The van der Waals surface area contributed by atoms with Crippen molar-refractivity contribution in [1.29, 1.82) is 5.41 Å². The standard InChI is InChI=1S/C15H15IN2O2/c1-19-13-6-11(15(17)18)7-14(8-13)20-9-10-2-4-12(16)5-3-10/h2-8H,9H2,1H3,(H3,17,18). The lowest BCUT2D eigenvalue weighted by Crippen LogP contribution is -2.11. The fourth-order valence-corrected chi connectivity index (χ4v) is 2.04. The highest BCUT2D eigenvalue weighted by Gasteiger charge is 2.05. The molecule has 0 radical (unpaired) electrons. The molecule has 0 aromatic heterocycles. The van der Waals surface area contributed by atoms with E-state index in [1.807, 2.05) is 24.3 Å². The molecule has 0 aliphatic heterocycles. The molecule has 2 aromatic carbocycles. The number of hydrogen-bond acceptors (Lipinski definition) is 3. The van der Waals surface area contributed by atoms with Crippen LogP contribution < -0.4 is 15.2 Å². The second-order valence-electron chi connectivity index (χ2n) is 4.23. The molecule has 0 spiro atoms. The van der Waals surface area contributed by atoms with Gasteiger partial charge in [0.15, 0.2) is 0 Å². The van der Waals surface area contributed by atoms with Crippen molar-refractivity contribution in [2.24, 2.45) is 5.73 Å². The van der Waals surface area contributed by atoms with Gasteiger partial charge >= 0.3 is 0 Å². The topological polar surface area (TPSA) is 68.3 Å². The summed E-state index contributed by atoms with van der Waals surface area (Å²) in [5, 5.41) is 7.49. The van der Waals surface area contributed by atoms with Crippen LogP contribution in [0.2, 0.25) is 0 Å². The number of hydrogen-bond donors (Lipinski definition) is 2. The third-order valence-electron chi connectivity index (χ3n) is 2.75. The molecule has 2 aromatic rings. The Labute approximate surface area is 131 Å². The third kappa shape index (κ3) is 3.86. The number of nitrogens with two attached hydrogens (primary N) is 1. The summed E-state index contributed by atoms with van der Waals surface area (Å²) in [7, 11) is 1.57. The van der Waals surface area contributed by atoms with E-state index in [0.29, 0.717) is 23.7 Å². The Kier molecular flexibility index (Phi) is 4.84. The first-order chi connectivity index (χ1) is 9.58. The first-order valence-corrected chi connectivity index (χ1v) is 7.07. The molecule has 5 heteroatoms. The van der Waals surface area contributed by atoms with Gasteiger partial charge in [0.25, 0.3) is 0 Å². The molecule has 0 saturated heterocycles. The third-order valence-corrected chi connectivity index (χ3v) is 3.46. The number of benzene rings is 2. The largest absolute Gasteiger partial charge is 0.497 e. The smallest absolute Gasteiger partial charge is 0.124 e. The van der Waals surface area contributed by atoms with E-state index in [1.165, 1.54) is 3.57 Å². The summed E-state index contributed by atoms with van der Waals surface area (Å²) in [4.78, 5) is 0. The van der Waals surface area contributed by atoms with Gasteiger partial charge in [-0.3, -0.25) is 5.41 Å². The van der Waals surface area contributed by atoms with E-state index >= 15 is 0 Å². The van der Waals surface area contributed by atoms with Gasteiger partial charge in [0.1, 0.15) is 23.9 Å². The Morgan fingerprint density at radius 3 is 2.40 bits per heavy atom. The molecule has 0 amide bonds. The number of halogens is 1. The van der Waals surface area contributed by atoms with Gasteiger partial charge < -0.3 is 15.2 Å². The molecule has 0 heterocycles. The zero-order chi connectivity index (χ0) is 14.5. The van der Waals surface area contributed by atoms with Crippen molar-refractivity contribution >= 4 is 28.4 Å². The Morgan fingerprint density at radius 2 is 1.80 bits per heavy atom. The number of methoxy groups -OCH3 is 1. The number of amidine groups is 1. The monoisotopic (exact) mass is 382 g/mol. The summed E-state index contributed by atoms with van der Waals surface area (Å²) >= 11 is 2.26. The van der Waals surface area contributed by atoms with Crippen molar-refractivity contribution in [3.8, 4) is 11.5 Å². The van der Waals surface area contributed by atoms with E-state index in [0.717, 1.165) is 5.56 Å². The van der Waals surface area contributed by atoms with Crippen LogP contribution in [0.3, 0.4) is 0 Å². The first-order valence-electron chi connectivity index (χ1n) is 5.99. The Balaban J connectivity index is 2.14. The summed E-state index contributed by atoms with van der Waals surface area (Å²) in [6.45, 7) is 0.460. The Bertz CT molecular complexity index is 612. The Hall–Kier alpha value is -1.76. The summed E-state index contributed by atoms with van der Waals surface area (Å²) in [5.41, 5.74) is 7.17. The molecule has 0 unspecified atom stereocenters. The molecule has 0 bridgehead atoms.